The predicted octanol–water partition coefficient (Wildman–Crippen LogP) is 4.43. The monoisotopic (exact) mass is 415 g/mol. The summed E-state index contributed by atoms with van der Waals surface area (Å²) in [5.41, 5.74) is 1.53. The van der Waals surface area contributed by atoms with Crippen LogP contribution in [0.3, 0.4) is 0 Å². The van der Waals surface area contributed by atoms with Gasteiger partial charge in [-0.05, 0) is 41.2 Å². The number of carboxylic acid groups (broad SMARTS) is 2. The van der Waals surface area contributed by atoms with Crippen molar-refractivity contribution in [3.63, 3.8) is 0 Å². The van der Waals surface area contributed by atoms with Crippen molar-refractivity contribution in [1.29, 1.82) is 0 Å². The number of nitrogens with zero attached hydrogens (tertiary/aromatic N) is 1. The Balaban J connectivity index is 2.35. The molecule has 2 rings (SSSR count). The van der Waals surface area contributed by atoms with Crippen molar-refractivity contribution in [2.24, 2.45) is 5.92 Å². The number of carbonyl (C=O) groups is 3. The van der Waals surface area contributed by atoms with Gasteiger partial charge in [-0.15, -0.1) is 0 Å². The number of amides is 1. The highest BCUT2D eigenvalue weighted by atomic mass is 19.1. The highest BCUT2D eigenvalue weighted by Gasteiger charge is 2.31. The maximum absolute atomic E-state index is 13.4. The van der Waals surface area contributed by atoms with E-state index < -0.39 is 23.8 Å². The molecule has 2 N–H and O–H groups in total. The Bertz CT molecular complexity index is 924. The maximum Gasteiger partial charge on any atom is 0.336 e. The molecule has 2 aromatic carbocycles. The minimum absolute atomic E-state index is 0.128. The molecule has 6 nitrogen and oxygen atoms in total. The SMILES string of the molecule is CCCC(=O)N(Cc1ccc(-c2ccc(F)cc2C(=O)O)cc1)[C@H](C(=O)O)C(C)C. The quantitative estimate of drug-likeness (QED) is 0.632. The summed E-state index contributed by atoms with van der Waals surface area (Å²) in [7, 11) is 0. The van der Waals surface area contributed by atoms with Crippen molar-refractivity contribution in [2.45, 2.75) is 46.2 Å². The molecule has 0 radical (unpaired) electrons. The zero-order valence-corrected chi connectivity index (χ0v) is 17.3. The van der Waals surface area contributed by atoms with Crippen molar-refractivity contribution >= 4 is 17.8 Å². The average molecular weight is 415 g/mol. The molecule has 0 aliphatic heterocycles. The number of hydrogen-bond acceptors (Lipinski definition) is 3. The van der Waals surface area contributed by atoms with E-state index in [1.807, 2.05) is 6.92 Å². The Labute approximate surface area is 175 Å². The fraction of sp³-hybridized carbons (Fsp3) is 0.348. The molecule has 1 amide bonds. The van der Waals surface area contributed by atoms with E-state index in [-0.39, 0.29) is 30.4 Å². The zero-order valence-electron chi connectivity index (χ0n) is 17.3. The molecule has 0 spiro atoms. The van der Waals surface area contributed by atoms with Crippen LogP contribution in [0.25, 0.3) is 11.1 Å². The van der Waals surface area contributed by atoms with E-state index in [4.69, 9.17) is 0 Å². The van der Waals surface area contributed by atoms with E-state index in [2.05, 4.69) is 0 Å². The molecule has 0 saturated heterocycles. The van der Waals surface area contributed by atoms with Crippen molar-refractivity contribution < 1.29 is 29.0 Å². The highest BCUT2D eigenvalue weighted by Crippen LogP contribution is 2.26. The van der Waals surface area contributed by atoms with Crippen LogP contribution in [0.1, 0.15) is 49.5 Å². The summed E-state index contributed by atoms with van der Waals surface area (Å²) in [5.74, 6) is -3.41. The number of aliphatic carboxylic acids is 1. The van der Waals surface area contributed by atoms with Gasteiger partial charge in [0.05, 0.1) is 5.56 Å². The lowest BCUT2D eigenvalue weighted by Gasteiger charge is -2.31. The minimum Gasteiger partial charge on any atom is -0.480 e. The van der Waals surface area contributed by atoms with Gasteiger partial charge in [-0.1, -0.05) is 51.1 Å². The van der Waals surface area contributed by atoms with Gasteiger partial charge in [0.15, 0.2) is 0 Å². The lowest BCUT2D eigenvalue weighted by Crippen LogP contribution is -2.47. The first-order chi connectivity index (χ1) is 14.1. The number of aromatic carboxylic acids is 1. The molecule has 0 bridgehead atoms. The second kappa shape index (κ2) is 10.0. The van der Waals surface area contributed by atoms with Gasteiger partial charge in [0, 0.05) is 13.0 Å². The predicted molar refractivity (Wildman–Crippen MR) is 111 cm³/mol. The first-order valence-corrected chi connectivity index (χ1v) is 9.80. The van der Waals surface area contributed by atoms with Crippen LogP contribution in [0.4, 0.5) is 4.39 Å². The Kier molecular flexibility index (Phi) is 7.69. The highest BCUT2D eigenvalue weighted by molar-refractivity contribution is 5.96. The molecule has 0 unspecified atom stereocenters. The molecule has 0 fully saturated rings. The average Bonchev–Trinajstić information content (AvgIpc) is 2.67. The van der Waals surface area contributed by atoms with Crippen LogP contribution in [0.2, 0.25) is 0 Å². The molecule has 0 heterocycles. The van der Waals surface area contributed by atoms with Crippen molar-refractivity contribution in [3.05, 3.63) is 59.4 Å². The molecule has 2 aromatic rings. The minimum atomic E-state index is -1.23. The van der Waals surface area contributed by atoms with Crippen LogP contribution >= 0.6 is 0 Å². The van der Waals surface area contributed by atoms with E-state index in [0.717, 1.165) is 6.07 Å². The van der Waals surface area contributed by atoms with Crippen molar-refractivity contribution in [1.82, 2.24) is 4.90 Å². The zero-order chi connectivity index (χ0) is 22.4. The standard InChI is InChI=1S/C23H26FNO5/c1-4-5-20(26)25(21(14(2)3)23(29)30)13-15-6-8-16(9-7-15)18-11-10-17(24)12-19(18)22(27)28/h6-12,14,21H,4-5,13H2,1-3H3,(H,27,28)(H,29,30)/t21-/m0/s1. The normalized spacial score (nSPS) is 11.9. The van der Waals surface area contributed by atoms with Crippen molar-refractivity contribution in [3.8, 4) is 11.1 Å². The third-order valence-electron chi connectivity index (χ3n) is 4.83. The number of carboxylic acids is 2. The first-order valence-electron chi connectivity index (χ1n) is 9.80. The fourth-order valence-corrected chi connectivity index (χ4v) is 3.41. The summed E-state index contributed by atoms with van der Waals surface area (Å²) in [6, 6.07) is 9.43. The summed E-state index contributed by atoms with van der Waals surface area (Å²) in [6.45, 7) is 5.51. The van der Waals surface area contributed by atoms with Crippen LogP contribution in [0.5, 0.6) is 0 Å². The van der Waals surface area contributed by atoms with Gasteiger partial charge in [0.1, 0.15) is 11.9 Å². The van der Waals surface area contributed by atoms with Crippen LogP contribution in [-0.2, 0) is 16.1 Å². The molecule has 0 aliphatic rings. The topological polar surface area (TPSA) is 94.9 Å². The number of hydrogen-bond donors (Lipinski definition) is 2. The van der Waals surface area contributed by atoms with E-state index >= 15 is 0 Å². The molecular formula is C23H26FNO5. The Morgan fingerprint density at radius 1 is 1.03 bits per heavy atom. The Morgan fingerprint density at radius 2 is 1.67 bits per heavy atom. The Hall–Kier alpha value is -3.22. The summed E-state index contributed by atoms with van der Waals surface area (Å²) in [5, 5.41) is 19.0. The summed E-state index contributed by atoms with van der Waals surface area (Å²) >= 11 is 0. The van der Waals surface area contributed by atoms with E-state index in [9.17, 15) is 29.0 Å². The van der Waals surface area contributed by atoms with Crippen LogP contribution in [-0.4, -0.2) is 39.0 Å². The smallest absolute Gasteiger partial charge is 0.336 e. The molecule has 1 atom stereocenters. The summed E-state index contributed by atoms with van der Waals surface area (Å²) in [6.07, 6.45) is 0.868. The summed E-state index contributed by atoms with van der Waals surface area (Å²) < 4.78 is 13.4. The molecule has 0 saturated carbocycles. The first kappa shape index (κ1) is 23.1. The van der Waals surface area contributed by atoms with Gasteiger partial charge in [-0.3, -0.25) is 4.79 Å². The second-order valence-electron chi connectivity index (χ2n) is 7.49. The maximum atomic E-state index is 13.4. The molecule has 7 heteroatoms. The van der Waals surface area contributed by atoms with Crippen LogP contribution < -0.4 is 0 Å². The number of benzene rings is 2. The molecule has 0 aliphatic carbocycles. The van der Waals surface area contributed by atoms with Gasteiger partial charge in [0.2, 0.25) is 5.91 Å². The number of carbonyl (C=O) groups excluding carboxylic acids is 1. The van der Waals surface area contributed by atoms with Gasteiger partial charge >= 0.3 is 11.9 Å². The van der Waals surface area contributed by atoms with Crippen LogP contribution in [0.15, 0.2) is 42.5 Å². The molecule has 160 valence electrons. The number of halogens is 1. The van der Waals surface area contributed by atoms with Gasteiger partial charge in [0.25, 0.3) is 0 Å². The Morgan fingerprint density at radius 3 is 2.17 bits per heavy atom. The number of rotatable bonds is 9. The third-order valence-corrected chi connectivity index (χ3v) is 4.83. The van der Waals surface area contributed by atoms with E-state index in [1.165, 1.54) is 17.0 Å². The lowest BCUT2D eigenvalue weighted by atomic mass is 9.97. The second-order valence-corrected chi connectivity index (χ2v) is 7.49. The lowest BCUT2D eigenvalue weighted by molar-refractivity contribution is -0.153. The van der Waals surface area contributed by atoms with Crippen molar-refractivity contribution in [2.75, 3.05) is 0 Å². The van der Waals surface area contributed by atoms with E-state index in [0.29, 0.717) is 23.1 Å². The van der Waals surface area contributed by atoms with E-state index in [1.54, 1.807) is 38.1 Å². The van der Waals surface area contributed by atoms with Gasteiger partial charge in [-0.2, -0.15) is 0 Å². The van der Waals surface area contributed by atoms with Crippen LogP contribution in [0, 0.1) is 11.7 Å². The molecular weight excluding hydrogens is 389 g/mol. The molecule has 0 aromatic heterocycles. The summed E-state index contributed by atoms with van der Waals surface area (Å²) in [4.78, 5) is 37.2. The largest absolute Gasteiger partial charge is 0.480 e. The van der Waals surface area contributed by atoms with Gasteiger partial charge < -0.3 is 15.1 Å². The molecule has 30 heavy (non-hydrogen) atoms. The third kappa shape index (κ3) is 5.43. The fourth-order valence-electron chi connectivity index (χ4n) is 3.41. The van der Waals surface area contributed by atoms with Gasteiger partial charge in [-0.25, -0.2) is 14.0 Å².